The highest BCUT2D eigenvalue weighted by Gasteiger charge is 2.13. The molecule has 0 amide bonds. The predicted octanol–water partition coefficient (Wildman–Crippen LogP) is 0.883. The molecule has 64 valence electrons. The van der Waals surface area contributed by atoms with E-state index in [4.69, 9.17) is 10.8 Å². The summed E-state index contributed by atoms with van der Waals surface area (Å²) in [6, 6.07) is 2.60. The molecule has 0 atom stereocenters. The van der Waals surface area contributed by atoms with E-state index in [-0.39, 0.29) is 22.7 Å². The highest BCUT2D eigenvalue weighted by molar-refractivity contribution is 6.01. The summed E-state index contributed by atoms with van der Waals surface area (Å²) in [4.78, 5) is 10.9. The van der Waals surface area contributed by atoms with Gasteiger partial charge in [0.2, 0.25) is 0 Å². The first kappa shape index (κ1) is 8.39. The number of phenols is 2. The molecule has 0 saturated heterocycles. The number of aromatic hydroxyl groups is 2. The van der Waals surface area contributed by atoms with Gasteiger partial charge >= 0.3 is 0 Å². The number of carbonyl (C=O) groups excluding carboxylic acids is 1. The lowest BCUT2D eigenvalue weighted by molar-refractivity contribution is 0.101. The summed E-state index contributed by atoms with van der Waals surface area (Å²) in [5, 5.41) is 18.4. The first-order chi connectivity index (χ1) is 5.54. The molecule has 4 nitrogen and oxygen atoms in total. The average molecular weight is 167 g/mol. The van der Waals surface area contributed by atoms with Gasteiger partial charge in [-0.2, -0.15) is 0 Å². The van der Waals surface area contributed by atoms with Crippen molar-refractivity contribution in [3.8, 4) is 11.5 Å². The fraction of sp³-hybridized carbons (Fsp3) is 0.125. The minimum absolute atomic E-state index is 0.0815. The number of Topliss-reactive ketones (excluding diaryl/α,β-unsaturated/α-hetero) is 1. The van der Waals surface area contributed by atoms with Crippen LogP contribution in [-0.2, 0) is 0 Å². The molecule has 0 spiro atoms. The number of hydrogen-bond donors (Lipinski definition) is 3. The Labute approximate surface area is 69.3 Å². The van der Waals surface area contributed by atoms with Crippen molar-refractivity contribution in [3.63, 3.8) is 0 Å². The van der Waals surface area contributed by atoms with Crippen molar-refractivity contribution >= 4 is 11.5 Å². The largest absolute Gasteiger partial charge is 0.507 e. The molecule has 0 aliphatic rings. The monoisotopic (exact) mass is 167 g/mol. The van der Waals surface area contributed by atoms with Crippen molar-refractivity contribution in [2.75, 3.05) is 5.73 Å². The summed E-state index contributed by atoms with van der Waals surface area (Å²) in [5.41, 5.74) is 5.27. The zero-order valence-electron chi connectivity index (χ0n) is 6.53. The first-order valence-corrected chi connectivity index (χ1v) is 3.35. The maximum atomic E-state index is 10.9. The second-order valence-electron chi connectivity index (χ2n) is 2.45. The number of nitrogens with two attached hydrogens (primary N) is 1. The van der Waals surface area contributed by atoms with Crippen LogP contribution in [0.5, 0.6) is 11.5 Å². The van der Waals surface area contributed by atoms with E-state index in [0.29, 0.717) is 0 Å². The number of anilines is 1. The molecule has 4 heteroatoms. The molecule has 1 rings (SSSR count). The number of ketones is 1. The third kappa shape index (κ3) is 1.18. The van der Waals surface area contributed by atoms with Crippen LogP contribution >= 0.6 is 0 Å². The van der Waals surface area contributed by atoms with Gasteiger partial charge in [-0.05, 0) is 19.1 Å². The molecule has 0 radical (unpaired) electrons. The topological polar surface area (TPSA) is 83.5 Å². The Morgan fingerprint density at radius 2 is 2.00 bits per heavy atom. The van der Waals surface area contributed by atoms with E-state index in [9.17, 15) is 9.90 Å². The summed E-state index contributed by atoms with van der Waals surface area (Å²) in [6.45, 7) is 1.24. The summed E-state index contributed by atoms with van der Waals surface area (Å²) in [5.74, 6) is -1.03. The van der Waals surface area contributed by atoms with Gasteiger partial charge in [-0.3, -0.25) is 4.79 Å². The van der Waals surface area contributed by atoms with Crippen LogP contribution < -0.4 is 5.73 Å². The smallest absolute Gasteiger partial charge is 0.167 e. The summed E-state index contributed by atoms with van der Waals surface area (Å²) in [6.07, 6.45) is 0. The van der Waals surface area contributed by atoms with E-state index in [1.54, 1.807) is 0 Å². The Kier molecular flexibility index (Phi) is 1.91. The molecule has 12 heavy (non-hydrogen) atoms. The molecule has 4 N–H and O–H groups in total. The van der Waals surface area contributed by atoms with Gasteiger partial charge in [-0.25, -0.2) is 0 Å². The molecule has 0 aliphatic heterocycles. The fourth-order valence-electron chi connectivity index (χ4n) is 0.944. The third-order valence-corrected chi connectivity index (χ3v) is 1.54. The van der Waals surface area contributed by atoms with Gasteiger partial charge in [0.1, 0.15) is 11.3 Å². The van der Waals surface area contributed by atoms with Gasteiger partial charge in [0.05, 0.1) is 5.69 Å². The standard InChI is InChI=1S/C8H9NO3/c1-4(10)7-6(11)3-2-5(9)8(7)12/h2-3,11-12H,9H2,1H3. The maximum absolute atomic E-state index is 10.9. The van der Waals surface area contributed by atoms with Crippen molar-refractivity contribution in [2.45, 2.75) is 6.92 Å². The molecule has 0 saturated carbocycles. The average Bonchev–Trinajstić information content (AvgIpc) is 1.97. The summed E-state index contributed by atoms with van der Waals surface area (Å²) < 4.78 is 0. The van der Waals surface area contributed by atoms with Gasteiger partial charge in [0, 0.05) is 0 Å². The Hall–Kier alpha value is -1.71. The highest BCUT2D eigenvalue weighted by atomic mass is 16.3. The minimum Gasteiger partial charge on any atom is -0.507 e. The normalized spacial score (nSPS) is 9.75. The van der Waals surface area contributed by atoms with Crippen molar-refractivity contribution in [2.24, 2.45) is 0 Å². The van der Waals surface area contributed by atoms with E-state index in [1.165, 1.54) is 19.1 Å². The van der Waals surface area contributed by atoms with Gasteiger partial charge in [0.25, 0.3) is 0 Å². The van der Waals surface area contributed by atoms with Crippen molar-refractivity contribution in [1.82, 2.24) is 0 Å². The van der Waals surface area contributed by atoms with Crippen molar-refractivity contribution in [1.29, 1.82) is 0 Å². The molecule has 0 heterocycles. The SMILES string of the molecule is CC(=O)c1c(O)ccc(N)c1O. The molecular weight excluding hydrogens is 158 g/mol. The number of benzene rings is 1. The highest BCUT2D eigenvalue weighted by Crippen LogP contribution is 2.32. The lowest BCUT2D eigenvalue weighted by Crippen LogP contribution is -1.96. The van der Waals surface area contributed by atoms with Crippen LogP contribution in [0.15, 0.2) is 12.1 Å². The Balaban J connectivity index is 3.43. The Morgan fingerprint density at radius 1 is 1.42 bits per heavy atom. The number of carbonyl (C=O) groups is 1. The minimum atomic E-state index is -0.419. The third-order valence-electron chi connectivity index (χ3n) is 1.54. The van der Waals surface area contributed by atoms with E-state index in [1.807, 2.05) is 0 Å². The quantitative estimate of drug-likeness (QED) is 0.251. The first-order valence-electron chi connectivity index (χ1n) is 3.35. The van der Waals surface area contributed by atoms with Gasteiger partial charge in [-0.1, -0.05) is 0 Å². The molecule has 0 fully saturated rings. The molecule has 0 unspecified atom stereocenters. The lowest BCUT2D eigenvalue weighted by atomic mass is 10.1. The van der Waals surface area contributed by atoms with E-state index < -0.39 is 5.78 Å². The van der Waals surface area contributed by atoms with Crippen LogP contribution in [-0.4, -0.2) is 16.0 Å². The summed E-state index contributed by atoms with van der Waals surface area (Å²) >= 11 is 0. The summed E-state index contributed by atoms with van der Waals surface area (Å²) in [7, 11) is 0. The van der Waals surface area contributed by atoms with Crippen LogP contribution in [0, 0.1) is 0 Å². The zero-order valence-corrected chi connectivity index (χ0v) is 6.53. The molecule has 1 aromatic rings. The van der Waals surface area contributed by atoms with Gasteiger partial charge in [0.15, 0.2) is 11.5 Å². The predicted molar refractivity (Wildman–Crippen MR) is 44.2 cm³/mol. The second-order valence-corrected chi connectivity index (χ2v) is 2.45. The number of hydrogen-bond acceptors (Lipinski definition) is 4. The van der Waals surface area contributed by atoms with Gasteiger partial charge < -0.3 is 15.9 Å². The fourth-order valence-corrected chi connectivity index (χ4v) is 0.944. The zero-order chi connectivity index (χ0) is 9.30. The molecule has 0 bridgehead atoms. The Morgan fingerprint density at radius 3 is 2.42 bits per heavy atom. The van der Waals surface area contributed by atoms with E-state index >= 15 is 0 Å². The number of rotatable bonds is 1. The van der Waals surface area contributed by atoms with Crippen LogP contribution in [0.2, 0.25) is 0 Å². The van der Waals surface area contributed by atoms with Crippen LogP contribution in [0.3, 0.4) is 0 Å². The molecule has 0 aliphatic carbocycles. The number of phenolic OH excluding ortho intramolecular Hbond substituents is 2. The second kappa shape index (κ2) is 2.73. The molecule has 0 aromatic heterocycles. The maximum Gasteiger partial charge on any atom is 0.167 e. The molecular formula is C8H9NO3. The Bertz CT molecular complexity index is 333. The van der Waals surface area contributed by atoms with Crippen LogP contribution in [0.1, 0.15) is 17.3 Å². The lowest BCUT2D eigenvalue weighted by Gasteiger charge is -2.05. The van der Waals surface area contributed by atoms with Crippen LogP contribution in [0.4, 0.5) is 5.69 Å². The van der Waals surface area contributed by atoms with Crippen molar-refractivity contribution in [3.05, 3.63) is 17.7 Å². The van der Waals surface area contributed by atoms with Gasteiger partial charge in [-0.15, -0.1) is 0 Å². The van der Waals surface area contributed by atoms with Crippen LogP contribution in [0.25, 0.3) is 0 Å². The van der Waals surface area contributed by atoms with E-state index in [2.05, 4.69) is 0 Å². The van der Waals surface area contributed by atoms with E-state index in [0.717, 1.165) is 0 Å². The van der Waals surface area contributed by atoms with Crippen molar-refractivity contribution < 1.29 is 15.0 Å². The molecule has 1 aromatic carbocycles. The number of nitrogen functional groups attached to an aromatic ring is 1.